The summed E-state index contributed by atoms with van der Waals surface area (Å²) in [5.74, 6) is -0.606. The highest BCUT2D eigenvalue weighted by atomic mass is 35.5. The maximum atomic E-state index is 12.2. The third-order valence-electron chi connectivity index (χ3n) is 3.22. The first kappa shape index (κ1) is 17.1. The molecule has 0 radical (unpaired) electrons. The molecule has 2 rings (SSSR count). The van der Waals surface area contributed by atoms with E-state index >= 15 is 0 Å². The van der Waals surface area contributed by atoms with Gasteiger partial charge in [-0.25, -0.2) is 0 Å². The molecule has 118 valence electrons. The van der Waals surface area contributed by atoms with Crippen LogP contribution in [0.4, 0.5) is 11.4 Å². The Morgan fingerprint density at radius 3 is 2.62 bits per heavy atom. The van der Waals surface area contributed by atoms with Crippen LogP contribution in [-0.2, 0) is 4.79 Å². The van der Waals surface area contributed by atoms with E-state index in [1.54, 1.807) is 36.4 Å². The summed E-state index contributed by atoms with van der Waals surface area (Å²) in [6.45, 7) is 1.88. The molecule has 1 amide bonds. The fourth-order valence-corrected chi connectivity index (χ4v) is 2.05. The van der Waals surface area contributed by atoms with E-state index in [2.05, 4.69) is 10.6 Å². The van der Waals surface area contributed by atoms with Crippen LogP contribution in [0.15, 0.2) is 54.2 Å². The molecule has 0 atom stereocenters. The second-order valence-corrected chi connectivity index (χ2v) is 5.30. The highest BCUT2D eigenvalue weighted by molar-refractivity contribution is 6.31. The molecule has 0 aromatic heterocycles. The van der Waals surface area contributed by atoms with Gasteiger partial charge in [0.2, 0.25) is 0 Å². The van der Waals surface area contributed by atoms with Crippen LogP contribution in [0.5, 0.6) is 0 Å². The molecule has 6 heteroatoms. The van der Waals surface area contributed by atoms with Crippen molar-refractivity contribution in [2.45, 2.75) is 6.92 Å². The van der Waals surface area contributed by atoms with Crippen LogP contribution in [0.3, 0.4) is 0 Å². The van der Waals surface area contributed by atoms with E-state index < -0.39 is 5.91 Å². The molecule has 2 aromatic carbocycles. The molecule has 0 heterocycles. The number of nitriles is 2. The first-order valence-electron chi connectivity index (χ1n) is 6.98. The Morgan fingerprint density at radius 1 is 1.21 bits per heavy atom. The molecule has 2 aromatic rings. The largest absolute Gasteiger partial charge is 0.360 e. The summed E-state index contributed by atoms with van der Waals surface area (Å²) < 4.78 is 0. The van der Waals surface area contributed by atoms with Gasteiger partial charge in [-0.05, 0) is 36.8 Å². The van der Waals surface area contributed by atoms with Crippen LogP contribution < -0.4 is 10.6 Å². The number of rotatable bonds is 4. The van der Waals surface area contributed by atoms with Gasteiger partial charge >= 0.3 is 0 Å². The van der Waals surface area contributed by atoms with E-state index in [0.29, 0.717) is 22.0 Å². The van der Waals surface area contributed by atoms with E-state index in [1.165, 1.54) is 6.20 Å². The molecular formula is C18H13ClN4O. The fourth-order valence-electron chi connectivity index (χ4n) is 1.87. The lowest BCUT2D eigenvalue weighted by Crippen LogP contribution is -2.15. The lowest BCUT2D eigenvalue weighted by molar-refractivity contribution is -0.112. The summed E-state index contributed by atoms with van der Waals surface area (Å²) in [5.41, 5.74) is 2.13. The van der Waals surface area contributed by atoms with Crippen molar-refractivity contribution in [3.05, 3.63) is 70.4 Å². The molecule has 0 fully saturated rings. The third-order valence-corrected chi connectivity index (χ3v) is 3.62. The smallest absolute Gasteiger partial charge is 0.267 e. The van der Waals surface area contributed by atoms with Gasteiger partial charge in [-0.15, -0.1) is 0 Å². The molecule has 0 aliphatic heterocycles. The van der Waals surface area contributed by atoms with Crippen LogP contribution in [0.25, 0.3) is 0 Å². The fraction of sp³-hybridized carbons (Fsp3) is 0.0556. The number of hydrogen-bond donors (Lipinski definition) is 2. The molecule has 0 aliphatic carbocycles. The first-order chi connectivity index (χ1) is 11.5. The highest BCUT2D eigenvalue weighted by Crippen LogP contribution is 2.20. The number of anilines is 2. The van der Waals surface area contributed by atoms with Crippen molar-refractivity contribution in [2.75, 3.05) is 10.6 Å². The minimum Gasteiger partial charge on any atom is -0.360 e. The van der Waals surface area contributed by atoms with Gasteiger partial charge in [0, 0.05) is 16.9 Å². The maximum absolute atomic E-state index is 12.2. The standard InChI is InChI=1S/C18H13ClN4O/c1-12-6-7-15(8-16(12)19)22-11-14(10-21)18(24)23-17-5-3-2-4-13(17)9-20/h2-8,11,22H,1H3,(H,23,24)/b14-11-. The molecule has 0 saturated carbocycles. The molecule has 0 bridgehead atoms. The Hall–Kier alpha value is -3.28. The third kappa shape index (κ3) is 4.13. The van der Waals surface area contributed by atoms with Crippen molar-refractivity contribution in [3.8, 4) is 12.1 Å². The molecule has 0 unspecified atom stereocenters. The van der Waals surface area contributed by atoms with Crippen LogP contribution in [0.1, 0.15) is 11.1 Å². The molecule has 0 aliphatic rings. The van der Waals surface area contributed by atoms with E-state index in [4.69, 9.17) is 22.1 Å². The monoisotopic (exact) mass is 336 g/mol. The number of para-hydroxylation sites is 1. The number of benzene rings is 2. The van der Waals surface area contributed by atoms with Gasteiger partial charge in [0.1, 0.15) is 17.7 Å². The topological polar surface area (TPSA) is 88.7 Å². The zero-order valence-electron chi connectivity index (χ0n) is 12.8. The van der Waals surface area contributed by atoms with Gasteiger partial charge in [0.15, 0.2) is 0 Å². The van der Waals surface area contributed by atoms with Crippen LogP contribution in [-0.4, -0.2) is 5.91 Å². The van der Waals surface area contributed by atoms with E-state index in [0.717, 1.165) is 5.56 Å². The normalized spacial score (nSPS) is 10.4. The van der Waals surface area contributed by atoms with Gasteiger partial charge in [-0.1, -0.05) is 29.8 Å². The number of nitrogens with zero attached hydrogens (tertiary/aromatic N) is 2. The van der Waals surface area contributed by atoms with Gasteiger partial charge < -0.3 is 10.6 Å². The highest BCUT2D eigenvalue weighted by Gasteiger charge is 2.11. The number of aryl methyl sites for hydroxylation is 1. The number of carbonyl (C=O) groups excluding carboxylic acids is 1. The maximum Gasteiger partial charge on any atom is 0.267 e. The first-order valence-corrected chi connectivity index (χ1v) is 7.36. The second kappa shape index (κ2) is 7.82. The molecule has 2 N–H and O–H groups in total. The molecule has 24 heavy (non-hydrogen) atoms. The summed E-state index contributed by atoms with van der Waals surface area (Å²) >= 11 is 6.03. The van der Waals surface area contributed by atoms with Crippen molar-refractivity contribution in [2.24, 2.45) is 0 Å². The number of halogens is 1. The van der Waals surface area contributed by atoms with Crippen LogP contribution in [0, 0.1) is 29.6 Å². The van der Waals surface area contributed by atoms with E-state index in [1.807, 2.05) is 25.1 Å². The van der Waals surface area contributed by atoms with Crippen molar-refractivity contribution in [1.82, 2.24) is 0 Å². The SMILES string of the molecule is Cc1ccc(N/C=C(/C#N)C(=O)Nc2ccccc2C#N)cc1Cl. The van der Waals surface area contributed by atoms with Gasteiger partial charge in [0.05, 0.1) is 11.3 Å². The van der Waals surface area contributed by atoms with Gasteiger partial charge in [-0.2, -0.15) is 10.5 Å². The zero-order chi connectivity index (χ0) is 17.5. The average Bonchev–Trinajstić information content (AvgIpc) is 2.59. The van der Waals surface area contributed by atoms with Gasteiger partial charge in [-0.3, -0.25) is 4.79 Å². The minimum atomic E-state index is -0.606. The Balaban J connectivity index is 2.15. The predicted molar refractivity (Wildman–Crippen MR) is 93.3 cm³/mol. The summed E-state index contributed by atoms with van der Waals surface area (Å²) in [7, 11) is 0. The predicted octanol–water partition coefficient (Wildman–Crippen LogP) is 3.98. The molecular weight excluding hydrogens is 324 g/mol. The lowest BCUT2D eigenvalue weighted by Gasteiger charge is -2.07. The van der Waals surface area contributed by atoms with Crippen LogP contribution >= 0.6 is 11.6 Å². The Bertz CT molecular complexity index is 891. The summed E-state index contributed by atoms with van der Waals surface area (Å²) in [4.78, 5) is 12.2. The van der Waals surface area contributed by atoms with Crippen molar-refractivity contribution in [3.63, 3.8) is 0 Å². The Labute approximate surface area is 144 Å². The van der Waals surface area contributed by atoms with Gasteiger partial charge in [0.25, 0.3) is 5.91 Å². The number of carbonyl (C=O) groups is 1. The quantitative estimate of drug-likeness (QED) is 0.653. The summed E-state index contributed by atoms with van der Waals surface area (Å²) in [6.07, 6.45) is 1.30. The van der Waals surface area contributed by atoms with Crippen molar-refractivity contribution in [1.29, 1.82) is 10.5 Å². The minimum absolute atomic E-state index is 0.126. The Morgan fingerprint density at radius 2 is 1.96 bits per heavy atom. The summed E-state index contributed by atoms with van der Waals surface area (Å²) in [5, 5.41) is 24.2. The Kier molecular flexibility index (Phi) is 5.57. The number of nitrogens with one attached hydrogen (secondary N) is 2. The van der Waals surface area contributed by atoms with Crippen molar-refractivity contribution >= 4 is 28.9 Å². The molecule has 0 spiro atoms. The molecule has 5 nitrogen and oxygen atoms in total. The van der Waals surface area contributed by atoms with E-state index in [9.17, 15) is 4.79 Å². The second-order valence-electron chi connectivity index (χ2n) is 4.89. The van der Waals surface area contributed by atoms with Crippen molar-refractivity contribution < 1.29 is 4.79 Å². The van der Waals surface area contributed by atoms with E-state index in [-0.39, 0.29) is 5.57 Å². The molecule has 0 saturated heterocycles. The number of hydrogen-bond acceptors (Lipinski definition) is 4. The average molecular weight is 337 g/mol. The lowest BCUT2D eigenvalue weighted by atomic mass is 10.2. The number of amides is 1. The summed E-state index contributed by atoms with van der Waals surface area (Å²) in [6, 6.07) is 15.7. The van der Waals surface area contributed by atoms with Crippen LogP contribution in [0.2, 0.25) is 5.02 Å². The zero-order valence-corrected chi connectivity index (χ0v) is 13.6.